The highest BCUT2D eigenvalue weighted by molar-refractivity contribution is 5.74. The summed E-state index contributed by atoms with van der Waals surface area (Å²) in [5.41, 5.74) is 1.32. The van der Waals surface area contributed by atoms with E-state index in [0.717, 1.165) is 32.4 Å². The molecule has 2 N–H and O–H groups in total. The van der Waals surface area contributed by atoms with E-state index >= 15 is 0 Å². The molecule has 2 rings (SSSR count). The molecule has 1 aromatic carbocycles. The molecule has 0 unspecified atom stereocenters. The van der Waals surface area contributed by atoms with Crippen molar-refractivity contribution < 1.29 is 4.79 Å². The molecular formula is C13H19N3O. The first-order chi connectivity index (χ1) is 8.27. The maximum atomic E-state index is 11.7. The molecule has 0 aliphatic carbocycles. The number of nitrogens with two attached hydrogens (primary N) is 1. The topological polar surface area (TPSA) is 49.6 Å². The molecular weight excluding hydrogens is 214 g/mol. The summed E-state index contributed by atoms with van der Waals surface area (Å²) in [6, 6.07) is 10.3. The summed E-state index contributed by atoms with van der Waals surface area (Å²) in [5.74, 6) is 5.59. The minimum Gasteiger partial charge on any atom is -0.323 e. The quantitative estimate of drug-likeness (QED) is 0.634. The van der Waals surface area contributed by atoms with Crippen molar-refractivity contribution in [2.24, 2.45) is 5.84 Å². The lowest BCUT2D eigenvalue weighted by Gasteiger charge is -2.32. The summed E-state index contributed by atoms with van der Waals surface area (Å²) in [5, 5.41) is 1.31. The fraction of sp³-hybridized carbons (Fsp3) is 0.462. The number of carbonyl (C=O) groups is 1. The number of urea groups is 1. The molecule has 0 radical (unpaired) electrons. The number of aryl methyl sites for hydroxylation is 1. The van der Waals surface area contributed by atoms with Crippen LogP contribution < -0.4 is 5.84 Å². The highest BCUT2D eigenvalue weighted by Crippen LogP contribution is 2.08. The van der Waals surface area contributed by atoms with Crippen molar-refractivity contribution in [3.63, 3.8) is 0 Å². The minimum absolute atomic E-state index is 0.0377. The highest BCUT2D eigenvalue weighted by atomic mass is 16.2. The van der Waals surface area contributed by atoms with E-state index in [-0.39, 0.29) is 6.03 Å². The van der Waals surface area contributed by atoms with Crippen LogP contribution in [-0.2, 0) is 6.42 Å². The Morgan fingerprint density at radius 2 is 1.94 bits per heavy atom. The van der Waals surface area contributed by atoms with Crippen LogP contribution in [0.5, 0.6) is 0 Å². The average molecular weight is 233 g/mol. The standard InChI is InChI=1S/C13H19N3O/c14-16-11-5-10-15(13(16)17)9-4-8-12-6-2-1-3-7-12/h1-3,6-7H,4-5,8-11,14H2. The summed E-state index contributed by atoms with van der Waals surface area (Å²) in [7, 11) is 0. The van der Waals surface area contributed by atoms with Gasteiger partial charge in [-0.3, -0.25) is 5.01 Å². The Balaban J connectivity index is 1.77. The molecule has 1 heterocycles. The highest BCUT2D eigenvalue weighted by Gasteiger charge is 2.22. The first-order valence-electron chi connectivity index (χ1n) is 6.12. The van der Waals surface area contributed by atoms with Crippen molar-refractivity contribution in [2.45, 2.75) is 19.3 Å². The molecule has 1 saturated heterocycles. The van der Waals surface area contributed by atoms with E-state index in [1.807, 2.05) is 23.1 Å². The van der Waals surface area contributed by atoms with Crippen LogP contribution >= 0.6 is 0 Å². The first-order valence-corrected chi connectivity index (χ1v) is 6.12. The van der Waals surface area contributed by atoms with Gasteiger partial charge in [0.05, 0.1) is 0 Å². The van der Waals surface area contributed by atoms with E-state index in [0.29, 0.717) is 6.54 Å². The Hall–Kier alpha value is -1.55. The van der Waals surface area contributed by atoms with Gasteiger partial charge in [0.1, 0.15) is 0 Å². The molecule has 0 bridgehead atoms. The molecule has 0 spiro atoms. The van der Waals surface area contributed by atoms with Gasteiger partial charge in [0.2, 0.25) is 0 Å². The van der Waals surface area contributed by atoms with Gasteiger partial charge in [-0.2, -0.15) is 0 Å². The first kappa shape index (κ1) is 11.9. The number of hydrogen-bond donors (Lipinski definition) is 1. The molecule has 92 valence electrons. The van der Waals surface area contributed by atoms with E-state index in [4.69, 9.17) is 5.84 Å². The van der Waals surface area contributed by atoms with E-state index < -0.39 is 0 Å². The third-order valence-corrected chi connectivity index (χ3v) is 3.08. The van der Waals surface area contributed by atoms with Crippen molar-refractivity contribution in [1.82, 2.24) is 9.91 Å². The largest absolute Gasteiger partial charge is 0.334 e. The van der Waals surface area contributed by atoms with Gasteiger partial charge in [-0.15, -0.1) is 0 Å². The zero-order valence-corrected chi connectivity index (χ0v) is 10.0. The van der Waals surface area contributed by atoms with Crippen molar-refractivity contribution >= 4 is 6.03 Å². The van der Waals surface area contributed by atoms with Gasteiger partial charge in [-0.25, -0.2) is 10.6 Å². The lowest BCUT2D eigenvalue weighted by molar-refractivity contribution is 0.129. The van der Waals surface area contributed by atoms with Crippen molar-refractivity contribution in [1.29, 1.82) is 0 Å². The molecule has 0 saturated carbocycles. The second-order valence-corrected chi connectivity index (χ2v) is 4.41. The van der Waals surface area contributed by atoms with Crippen molar-refractivity contribution in [3.8, 4) is 0 Å². The number of rotatable bonds is 4. The maximum absolute atomic E-state index is 11.7. The smallest absolute Gasteiger partial charge is 0.323 e. The van der Waals surface area contributed by atoms with Gasteiger partial charge in [0.25, 0.3) is 0 Å². The normalized spacial score (nSPS) is 16.4. The van der Waals surface area contributed by atoms with Gasteiger partial charge < -0.3 is 4.90 Å². The molecule has 1 fully saturated rings. The predicted molar refractivity (Wildman–Crippen MR) is 67.2 cm³/mol. The second kappa shape index (κ2) is 5.68. The molecule has 1 aliphatic heterocycles. The zero-order chi connectivity index (χ0) is 12.1. The number of amides is 2. The Morgan fingerprint density at radius 1 is 1.18 bits per heavy atom. The molecule has 17 heavy (non-hydrogen) atoms. The van der Waals surface area contributed by atoms with E-state index in [1.54, 1.807) is 0 Å². The number of benzene rings is 1. The third kappa shape index (κ3) is 3.20. The monoisotopic (exact) mass is 233 g/mol. The summed E-state index contributed by atoms with van der Waals surface area (Å²) < 4.78 is 0. The van der Waals surface area contributed by atoms with Crippen LogP contribution in [0.4, 0.5) is 4.79 Å². The lowest BCUT2D eigenvalue weighted by atomic mass is 10.1. The summed E-state index contributed by atoms with van der Waals surface area (Å²) in [6.07, 6.45) is 2.96. The molecule has 1 aromatic rings. The van der Waals surface area contributed by atoms with Crippen LogP contribution in [0.25, 0.3) is 0 Å². The fourth-order valence-corrected chi connectivity index (χ4v) is 2.13. The molecule has 0 atom stereocenters. The van der Waals surface area contributed by atoms with Crippen LogP contribution in [0.15, 0.2) is 30.3 Å². The number of nitrogens with zero attached hydrogens (tertiary/aromatic N) is 2. The zero-order valence-electron chi connectivity index (χ0n) is 10.0. The van der Waals surface area contributed by atoms with Crippen LogP contribution in [0.1, 0.15) is 18.4 Å². The van der Waals surface area contributed by atoms with Gasteiger partial charge in [-0.05, 0) is 24.8 Å². The van der Waals surface area contributed by atoms with Crippen molar-refractivity contribution in [3.05, 3.63) is 35.9 Å². The average Bonchev–Trinajstić information content (AvgIpc) is 2.36. The third-order valence-electron chi connectivity index (χ3n) is 3.08. The summed E-state index contributed by atoms with van der Waals surface area (Å²) >= 11 is 0. The fourth-order valence-electron chi connectivity index (χ4n) is 2.13. The molecule has 1 aliphatic rings. The van der Waals surface area contributed by atoms with Gasteiger partial charge in [0, 0.05) is 19.6 Å². The van der Waals surface area contributed by atoms with Crippen LogP contribution in [0.2, 0.25) is 0 Å². The van der Waals surface area contributed by atoms with Gasteiger partial charge in [-0.1, -0.05) is 30.3 Å². The van der Waals surface area contributed by atoms with E-state index in [2.05, 4.69) is 12.1 Å². The minimum atomic E-state index is -0.0377. The van der Waals surface area contributed by atoms with Gasteiger partial charge in [0.15, 0.2) is 0 Å². The van der Waals surface area contributed by atoms with E-state index in [9.17, 15) is 4.79 Å². The predicted octanol–water partition coefficient (Wildman–Crippen LogP) is 1.62. The SMILES string of the molecule is NN1CCCN(CCCc2ccccc2)C1=O. The summed E-state index contributed by atoms with van der Waals surface area (Å²) in [4.78, 5) is 13.5. The number of hydrazine groups is 1. The van der Waals surface area contributed by atoms with Crippen LogP contribution in [0.3, 0.4) is 0 Å². The molecule has 4 heteroatoms. The number of carbonyl (C=O) groups excluding carboxylic acids is 1. The second-order valence-electron chi connectivity index (χ2n) is 4.41. The Labute approximate surface area is 102 Å². The van der Waals surface area contributed by atoms with Crippen LogP contribution in [-0.4, -0.2) is 35.6 Å². The Bertz CT molecular complexity index is 366. The lowest BCUT2D eigenvalue weighted by Crippen LogP contribution is -2.52. The van der Waals surface area contributed by atoms with Crippen molar-refractivity contribution in [2.75, 3.05) is 19.6 Å². The maximum Gasteiger partial charge on any atom is 0.334 e. The summed E-state index contributed by atoms with van der Waals surface area (Å²) in [6.45, 7) is 2.30. The molecule has 2 amide bonds. The molecule has 4 nitrogen and oxygen atoms in total. The van der Waals surface area contributed by atoms with Crippen LogP contribution in [0, 0.1) is 0 Å². The Morgan fingerprint density at radius 3 is 2.71 bits per heavy atom. The van der Waals surface area contributed by atoms with E-state index in [1.165, 1.54) is 10.6 Å². The number of hydrogen-bond acceptors (Lipinski definition) is 2. The van der Waals surface area contributed by atoms with Gasteiger partial charge >= 0.3 is 6.03 Å². The Kier molecular flexibility index (Phi) is 3.98. The molecule has 0 aromatic heterocycles.